The monoisotopic (exact) mass is 581 g/mol. The molecule has 0 radical (unpaired) electrons. The number of nitrogens with zero attached hydrogens (tertiary/aromatic N) is 4. The zero-order valence-corrected chi connectivity index (χ0v) is 24.8. The molecule has 0 bridgehead atoms. The van der Waals surface area contributed by atoms with Crippen LogP contribution < -0.4 is 9.62 Å². The second-order valence-electron chi connectivity index (χ2n) is 11.8. The molecule has 6 rings (SSSR count). The Morgan fingerprint density at radius 2 is 1.85 bits per heavy atom. The zero-order chi connectivity index (χ0) is 27.4. The van der Waals surface area contributed by atoms with Crippen LogP contribution in [0.4, 0.5) is 5.82 Å². The summed E-state index contributed by atoms with van der Waals surface area (Å²) in [6.45, 7) is 8.42. The number of piperidine rings is 1. The molecule has 4 aromatic rings. The molecule has 1 saturated heterocycles. The van der Waals surface area contributed by atoms with Crippen molar-refractivity contribution in [1.82, 2.24) is 19.3 Å². The number of anilines is 1. The molecule has 2 atom stereocenters. The Labute approximate surface area is 242 Å². The number of benzene rings is 2. The Hall–Kier alpha value is -2.45. The van der Waals surface area contributed by atoms with Crippen molar-refractivity contribution in [2.75, 3.05) is 18.0 Å². The number of fused-ring (bicyclic) bond motifs is 2. The summed E-state index contributed by atoms with van der Waals surface area (Å²) < 4.78 is 18.5. The number of nitrogens with one attached hydrogen (secondary N) is 1. The fraction of sp³-hybridized carbons (Fsp3) is 0.400. The smallest absolute Gasteiger partial charge is 0.159 e. The number of hydrogen-bond acceptors (Lipinski definition) is 4. The van der Waals surface area contributed by atoms with Crippen LogP contribution >= 0.6 is 23.2 Å². The molecule has 1 spiro atoms. The lowest BCUT2D eigenvalue weighted by atomic mass is 9.73. The van der Waals surface area contributed by atoms with Gasteiger partial charge in [0.2, 0.25) is 0 Å². The summed E-state index contributed by atoms with van der Waals surface area (Å²) in [5, 5.41) is 1.12. The van der Waals surface area contributed by atoms with Gasteiger partial charge in [-0.15, -0.1) is 0 Å². The minimum atomic E-state index is -1.14. The SMILES string of the molecule is CC(C)(C)[S@@](=O)N[C@@H]1c2ccccc2CC12CCN(c1cnc3c(ccn3Cc3cccc(Cl)c3Cl)n1)CC2. The van der Waals surface area contributed by atoms with Crippen LogP contribution in [0.5, 0.6) is 0 Å². The molecular formula is C30H33Cl2N5OS. The van der Waals surface area contributed by atoms with E-state index in [-0.39, 0.29) is 16.2 Å². The Morgan fingerprint density at radius 3 is 2.62 bits per heavy atom. The van der Waals surface area contributed by atoms with E-state index < -0.39 is 11.0 Å². The highest BCUT2D eigenvalue weighted by Crippen LogP contribution is 2.52. The third-order valence-electron chi connectivity index (χ3n) is 8.21. The van der Waals surface area contributed by atoms with Crippen molar-refractivity contribution < 1.29 is 4.21 Å². The highest BCUT2D eigenvalue weighted by molar-refractivity contribution is 7.84. The molecule has 1 aliphatic heterocycles. The van der Waals surface area contributed by atoms with Crippen LogP contribution in [-0.4, -0.2) is 36.6 Å². The molecule has 1 N–H and O–H groups in total. The van der Waals surface area contributed by atoms with Crippen molar-refractivity contribution in [3.05, 3.63) is 87.7 Å². The highest BCUT2D eigenvalue weighted by atomic mass is 35.5. The van der Waals surface area contributed by atoms with Crippen molar-refractivity contribution in [1.29, 1.82) is 0 Å². The minimum absolute atomic E-state index is 0.0399. The molecule has 39 heavy (non-hydrogen) atoms. The molecule has 1 fully saturated rings. The van der Waals surface area contributed by atoms with E-state index in [2.05, 4.69) is 38.5 Å². The molecule has 2 aromatic heterocycles. The van der Waals surface area contributed by atoms with Gasteiger partial charge in [0.15, 0.2) is 5.65 Å². The van der Waals surface area contributed by atoms with Gasteiger partial charge in [-0.05, 0) is 74.3 Å². The fourth-order valence-corrected chi connectivity index (χ4v) is 7.32. The molecule has 1 aliphatic carbocycles. The van der Waals surface area contributed by atoms with E-state index in [0.717, 1.165) is 54.9 Å². The van der Waals surface area contributed by atoms with Crippen LogP contribution in [-0.2, 0) is 24.0 Å². The second-order valence-corrected chi connectivity index (χ2v) is 14.5. The fourth-order valence-electron chi connectivity index (χ4n) is 5.99. The Bertz CT molecular complexity index is 1550. The van der Waals surface area contributed by atoms with E-state index >= 15 is 0 Å². The van der Waals surface area contributed by atoms with Gasteiger partial charge in [-0.1, -0.05) is 59.6 Å². The van der Waals surface area contributed by atoms with Crippen molar-refractivity contribution in [2.45, 2.75) is 57.4 Å². The molecule has 6 nitrogen and oxygen atoms in total. The van der Waals surface area contributed by atoms with Crippen LogP contribution in [0, 0.1) is 5.41 Å². The molecule has 0 unspecified atom stereocenters. The van der Waals surface area contributed by atoms with E-state index in [0.29, 0.717) is 16.6 Å². The number of halogens is 2. The van der Waals surface area contributed by atoms with E-state index in [1.165, 1.54) is 11.1 Å². The molecule has 2 aromatic carbocycles. The van der Waals surface area contributed by atoms with E-state index in [1.54, 1.807) is 6.07 Å². The van der Waals surface area contributed by atoms with E-state index in [1.807, 2.05) is 51.4 Å². The Morgan fingerprint density at radius 1 is 1.08 bits per heavy atom. The quantitative estimate of drug-likeness (QED) is 0.284. The van der Waals surface area contributed by atoms with Crippen LogP contribution in [0.3, 0.4) is 0 Å². The first-order valence-electron chi connectivity index (χ1n) is 13.4. The minimum Gasteiger partial charge on any atom is -0.355 e. The van der Waals surface area contributed by atoms with Crippen LogP contribution in [0.25, 0.3) is 11.2 Å². The zero-order valence-electron chi connectivity index (χ0n) is 22.5. The maximum atomic E-state index is 13.2. The maximum absolute atomic E-state index is 13.2. The predicted molar refractivity (Wildman–Crippen MR) is 161 cm³/mol. The summed E-state index contributed by atoms with van der Waals surface area (Å²) in [7, 11) is -1.14. The summed E-state index contributed by atoms with van der Waals surface area (Å²) in [5.41, 5.74) is 5.34. The normalized spacial score (nSPS) is 19.5. The summed E-state index contributed by atoms with van der Waals surface area (Å²) in [6, 6.07) is 16.4. The summed E-state index contributed by atoms with van der Waals surface area (Å²) >= 11 is 12.6. The highest BCUT2D eigenvalue weighted by Gasteiger charge is 2.48. The average Bonchev–Trinajstić information content (AvgIpc) is 3.45. The summed E-state index contributed by atoms with van der Waals surface area (Å²) in [6.07, 6.45) is 6.88. The Kier molecular flexibility index (Phi) is 6.99. The van der Waals surface area contributed by atoms with Gasteiger partial charge in [0.25, 0.3) is 0 Å². The van der Waals surface area contributed by atoms with Gasteiger partial charge in [-0.3, -0.25) is 0 Å². The average molecular weight is 583 g/mol. The van der Waals surface area contributed by atoms with E-state index in [4.69, 9.17) is 33.2 Å². The van der Waals surface area contributed by atoms with Gasteiger partial charge in [-0.2, -0.15) is 0 Å². The third kappa shape index (κ3) is 4.99. The lowest BCUT2D eigenvalue weighted by molar-refractivity contribution is 0.177. The molecule has 0 saturated carbocycles. The van der Waals surface area contributed by atoms with E-state index in [9.17, 15) is 4.21 Å². The van der Waals surface area contributed by atoms with Gasteiger partial charge < -0.3 is 9.47 Å². The van der Waals surface area contributed by atoms with Crippen LogP contribution in [0.15, 0.2) is 60.9 Å². The molecule has 9 heteroatoms. The Balaban J connectivity index is 1.21. The van der Waals surface area contributed by atoms with Gasteiger partial charge in [0, 0.05) is 19.3 Å². The van der Waals surface area contributed by atoms with Crippen LogP contribution in [0.1, 0.15) is 56.3 Å². The lowest BCUT2D eigenvalue weighted by Gasteiger charge is -2.44. The number of aromatic nitrogens is 3. The second kappa shape index (κ2) is 10.2. The van der Waals surface area contributed by atoms with Crippen LogP contribution in [0.2, 0.25) is 10.0 Å². The molecule has 2 aliphatic rings. The first-order valence-corrected chi connectivity index (χ1v) is 15.3. The lowest BCUT2D eigenvalue weighted by Crippen LogP contribution is -2.48. The molecule has 3 heterocycles. The first-order chi connectivity index (χ1) is 18.6. The standard InChI is InChI=1S/C30H33Cl2N5OS/c1-29(2,3)39(38)35-27-22-9-5-4-7-20(22)17-30(27)12-15-36(16-13-30)25-18-33-28-24(34-25)11-14-37(28)19-21-8-6-10-23(31)26(21)32/h4-11,14,18,27,35H,12-13,15-17,19H2,1-3H3/t27-,39-/m1/s1. The summed E-state index contributed by atoms with van der Waals surface area (Å²) in [5.74, 6) is 0.897. The molecule has 204 valence electrons. The van der Waals surface area contributed by atoms with Crippen molar-refractivity contribution in [3.63, 3.8) is 0 Å². The van der Waals surface area contributed by atoms with Gasteiger partial charge >= 0.3 is 0 Å². The van der Waals surface area contributed by atoms with Gasteiger partial charge in [0.05, 0.1) is 44.6 Å². The van der Waals surface area contributed by atoms with Crippen molar-refractivity contribution in [3.8, 4) is 0 Å². The molecular weight excluding hydrogens is 549 g/mol. The maximum Gasteiger partial charge on any atom is 0.159 e. The number of hydrogen-bond donors (Lipinski definition) is 1. The predicted octanol–water partition coefficient (Wildman–Crippen LogP) is 6.72. The van der Waals surface area contributed by atoms with Gasteiger partial charge in [0.1, 0.15) is 11.3 Å². The summed E-state index contributed by atoms with van der Waals surface area (Å²) in [4.78, 5) is 12.1. The first kappa shape index (κ1) is 26.8. The third-order valence-corrected chi connectivity index (χ3v) is 10.6. The largest absolute Gasteiger partial charge is 0.355 e. The van der Waals surface area contributed by atoms with Crippen molar-refractivity contribution >= 4 is 51.2 Å². The number of rotatable bonds is 5. The van der Waals surface area contributed by atoms with Gasteiger partial charge in [-0.25, -0.2) is 18.9 Å². The van der Waals surface area contributed by atoms with Crippen molar-refractivity contribution in [2.24, 2.45) is 5.41 Å². The topological polar surface area (TPSA) is 63.1 Å². The molecule has 0 amide bonds.